The molecule has 9 heteroatoms. The van der Waals surface area contributed by atoms with Gasteiger partial charge in [-0.2, -0.15) is 0 Å². The second-order valence-electron chi connectivity index (χ2n) is 8.14. The number of allylic oxidation sites excluding steroid dienone is 1. The second kappa shape index (κ2) is 9.67. The van der Waals surface area contributed by atoms with Crippen LogP contribution in [0.5, 0.6) is 28.7 Å². The van der Waals surface area contributed by atoms with Gasteiger partial charge in [0.25, 0.3) is 0 Å². The molecule has 0 aliphatic carbocycles. The predicted octanol–water partition coefficient (Wildman–Crippen LogP) is 6.36. The van der Waals surface area contributed by atoms with Crippen LogP contribution in [0.2, 0.25) is 0 Å². The maximum absolute atomic E-state index is 13.1. The largest absolute Gasteiger partial charge is 0.496 e. The summed E-state index contributed by atoms with van der Waals surface area (Å²) in [5, 5.41) is 0.765. The molecule has 37 heavy (non-hydrogen) atoms. The lowest BCUT2D eigenvalue weighted by atomic mass is 10.1. The maximum atomic E-state index is 13.1. The van der Waals surface area contributed by atoms with Gasteiger partial charge in [0, 0.05) is 27.1 Å². The van der Waals surface area contributed by atoms with Gasteiger partial charge in [-0.05, 0) is 55.5 Å². The summed E-state index contributed by atoms with van der Waals surface area (Å²) >= 11 is 3.40. The Labute approximate surface area is 220 Å². The Kier molecular flexibility index (Phi) is 6.39. The van der Waals surface area contributed by atoms with Crippen molar-refractivity contribution in [1.82, 2.24) is 0 Å². The number of carbonyl (C=O) groups is 2. The average molecular weight is 565 g/mol. The number of fused-ring (bicyclic) bond motifs is 2. The van der Waals surface area contributed by atoms with E-state index in [1.54, 1.807) is 49.4 Å². The van der Waals surface area contributed by atoms with Crippen molar-refractivity contribution in [2.45, 2.75) is 6.92 Å². The molecule has 0 radical (unpaired) electrons. The van der Waals surface area contributed by atoms with Crippen molar-refractivity contribution in [3.63, 3.8) is 0 Å². The van der Waals surface area contributed by atoms with Gasteiger partial charge in [0.1, 0.15) is 22.8 Å². The van der Waals surface area contributed by atoms with E-state index in [0.717, 1.165) is 9.86 Å². The van der Waals surface area contributed by atoms with Crippen LogP contribution >= 0.6 is 15.9 Å². The van der Waals surface area contributed by atoms with E-state index < -0.39 is 5.97 Å². The minimum Gasteiger partial charge on any atom is -0.496 e. The molecular weight excluding hydrogens is 544 g/mol. The molecule has 5 rings (SSSR count). The molecule has 1 aliphatic rings. The van der Waals surface area contributed by atoms with Crippen LogP contribution in [0.25, 0.3) is 17.0 Å². The topological polar surface area (TPSA) is 93.4 Å². The number of ketones is 1. The molecule has 0 amide bonds. The molecule has 4 aromatic rings. The maximum Gasteiger partial charge on any atom is 0.379 e. The number of hydrogen-bond acceptors (Lipinski definition) is 8. The number of furan rings is 1. The van der Waals surface area contributed by atoms with Gasteiger partial charge in [-0.3, -0.25) is 4.79 Å². The molecule has 0 spiro atoms. The monoisotopic (exact) mass is 564 g/mol. The molecule has 0 saturated carbocycles. The van der Waals surface area contributed by atoms with Gasteiger partial charge in [-0.15, -0.1) is 0 Å². The Morgan fingerprint density at radius 3 is 2.35 bits per heavy atom. The van der Waals surface area contributed by atoms with E-state index >= 15 is 0 Å². The van der Waals surface area contributed by atoms with Gasteiger partial charge in [0.05, 0.1) is 26.9 Å². The van der Waals surface area contributed by atoms with E-state index in [9.17, 15) is 9.59 Å². The highest BCUT2D eigenvalue weighted by atomic mass is 79.9. The number of esters is 1. The van der Waals surface area contributed by atoms with Crippen LogP contribution in [0, 0.1) is 6.92 Å². The van der Waals surface area contributed by atoms with Gasteiger partial charge in [0.15, 0.2) is 17.3 Å². The SMILES string of the molecule is COc1cc(OC)c(OC)cc1/C=C1\Oc2c(ccc(OC(=O)c3cc4cc(Br)ccc4o3)c2C)C1=O. The standard InChI is InChI=1S/C28H21BrO8/c1-14-19(37-28(31)25-12-15-9-17(29)5-7-20(15)35-25)8-6-18-26(30)24(36-27(14)18)11-16-10-22(33-3)23(34-4)13-21(16)32-2/h5-13H,1-4H3/b24-11-. The predicted molar refractivity (Wildman–Crippen MR) is 139 cm³/mol. The fourth-order valence-corrected chi connectivity index (χ4v) is 4.43. The first-order valence-corrected chi connectivity index (χ1v) is 11.9. The van der Waals surface area contributed by atoms with E-state index in [1.165, 1.54) is 21.3 Å². The van der Waals surface area contributed by atoms with E-state index in [4.69, 9.17) is 28.1 Å². The van der Waals surface area contributed by atoms with Crippen LogP contribution in [-0.4, -0.2) is 33.1 Å². The van der Waals surface area contributed by atoms with Crippen LogP contribution in [0.1, 0.15) is 32.0 Å². The number of hydrogen-bond donors (Lipinski definition) is 0. The summed E-state index contributed by atoms with van der Waals surface area (Å²) in [5.41, 5.74) is 1.99. The lowest BCUT2D eigenvalue weighted by Gasteiger charge is -2.12. The Balaban J connectivity index is 1.44. The zero-order chi connectivity index (χ0) is 26.3. The Bertz CT molecular complexity index is 1600. The van der Waals surface area contributed by atoms with Crippen molar-refractivity contribution >= 4 is 44.7 Å². The molecule has 0 saturated heterocycles. The number of Topliss-reactive ketones (excluding diaryl/α,β-unsaturated/α-hetero) is 1. The number of carbonyl (C=O) groups excluding carboxylic acids is 2. The quantitative estimate of drug-likeness (QED) is 0.151. The van der Waals surface area contributed by atoms with Crippen LogP contribution in [-0.2, 0) is 0 Å². The highest BCUT2D eigenvalue weighted by molar-refractivity contribution is 9.10. The van der Waals surface area contributed by atoms with Crippen molar-refractivity contribution in [3.05, 3.63) is 81.2 Å². The number of ether oxygens (including phenoxy) is 5. The molecule has 8 nitrogen and oxygen atoms in total. The minimum absolute atomic E-state index is 0.0612. The second-order valence-corrected chi connectivity index (χ2v) is 9.05. The van der Waals surface area contributed by atoms with Gasteiger partial charge in [0.2, 0.25) is 11.5 Å². The van der Waals surface area contributed by atoms with Crippen molar-refractivity contribution in [2.24, 2.45) is 0 Å². The van der Waals surface area contributed by atoms with Gasteiger partial charge in [-0.25, -0.2) is 4.79 Å². The zero-order valence-electron chi connectivity index (χ0n) is 20.3. The lowest BCUT2D eigenvalue weighted by Crippen LogP contribution is -2.08. The highest BCUT2D eigenvalue weighted by Gasteiger charge is 2.31. The number of halogens is 1. The Morgan fingerprint density at radius 2 is 1.62 bits per heavy atom. The van der Waals surface area contributed by atoms with Crippen molar-refractivity contribution in [1.29, 1.82) is 0 Å². The molecular formula is C28H21BrO8. The van der Waals surface area contributed by atoms with E-state index in [1.807, 2.05) is 12.1 Å². The fourth-order valence-electron chi connectivity index (χ4n) is 4.05. The molecule has 0 atom stereocenters. The fraction of sp³-hybridized carbons (Fsp3) is 0.143. The Morgan fingerprint density at radius 1 is 0.892 bits per heavy atom. The number of benzene rings is 3. The average Bonchev–Trinajstić information content (AvgIpc) is 3.46. The summed E-state index contributed by atoms with van der Waals surface area (Å²) in [5.74, 6) is 1.19. The van der Waals surface area contributed by atoms with Crippen molar-refractivity contribution in [3.8, 4) is 28.7 Å². The summed E-state index contributed by atoms with van der Waals surface area (Å²) in [4.78, 5) is 25.9. The molecule has 1 aliphatic heterocycles. The summed E-state index contributed by atoms with van der Waals surface area (Å²) in [6.45, 7) is 1.71. The lowest BCUT2D eigenvalue weighted by molar-refractivity contribution is 0.0702. The molecule has 2 heterocycles. The highest BCUT2D eigenvalue weighted by Crippen LogP contribution is 2.41. The molecule has 3 aromatic carbocycles. The Hall–Kier alpha value is -4.24. The first kappa shape index (κ1) is 24.5. The summed E-state index contributed by atoms with van der Waals surface area (Å²) in [6, 6.07) is 13.5. The molecule has 0 unspecified atom stereocenters. The molecule has 0 bridgehead atoms. The van der Waals surface area contributed by atoms with Crippen LogP contribution in [0.3, 0.4) is 0 Å². The van der Waals surface area contributed by atoms with Crippen molar-refractivity contribution < 1.29 is 37.7 Å². The van der Waals surface area contributed by atoms with Gasteiger partial charge in [-0.1, -0.05) is 15.9 Å². The van der Waals surface area contributed by atoms with Crippen LogP contribution < -0.4 is 23.7 Å². The number of methoxy groups -OCH3 is 3. The first-order chi connectivity index (χ1) is 17.8. The minimum atomic E-state index is -0.662. The molecule has 0 fully saturated rings. The van der Waals surface area contributed by atoms with E-state index in [0.29, 0.717) is 45.3 Å². The first-order valence-electron chi connectivity index (χ1n) is 11.1. The number of rotatable bonds is 6. The van der Waals surface area contributed by atoms with E-state index in [2.05, 4.69) is 15.9 Å². The molecule has 188 valence electrons. The summed E-state index contributed by atoms with van der Waals surface area (Å²) in [7, 11) is 4.56. The summed E-state index contributed by atoms with van der Waals surface area (Å²) in [6.07, 6.45) is 1.57. The van der Waals surface area contributed by atoms with Gasteiger partial charge < -0.3 is 28.1 Å². The van der Waals surface area contributed by atoms with Gasteiger partial charge >= 0.3 is 5.97 Å². The molecule has 0 N–H and O–H groups in total. The van der Waals surface area contributed by atoms with Crippen molar-refractivity contribution in [2.75, 3.05) is 21.3 Å². The third-order valence-corrected chi connectivity index (χ3v) is 6.43. The third-order valence-electron chi connectivity index (χ3n) is 5.94. The zero-order valence-corrected chi connectivity index (χ0v) is 21.9. The summed E-state index contributed by atoms with van der Waals surface area (Å²) < 4.78 is 34.2. The van der Waals surface area contributed by atoms with Crippen LogP contribution in [0.4, 0.5) is 0 Å². The van der Waals surface area contributed by atoms with E-state index in [-0.39, 0.29) is 23.1 Å². The van der Waals surface area contributed by atoms with Crippen LogP contribution in [0.15, 0.2) is 63.2 Å². The third kappa shape index (κ3) is 4.42. The molecule has 1 aromatic heterocycles. The smallest absolute Gasteiger partial charge is 0.379 e. The normalized spacial score (nSPS) is 13.4.